The molecule has 0 aliphatic carbocycles. The molecular formula is C13H16O2S. The first-order valence-corrected chi connectivity index (χ1v) is 6.71. The first-order valence-electron chi connectivity index (χ1n) is 5.56. The zero-order valence-corrected chi connectivity index (χ0v) is 10.2. The van der Waals surface area contributed by atoms with E-state index in [-0.39, 0.29) is 5.92 Å². The molecule has 3 heteroatoms. The van der Waals surface area contributed by atoms with Gasteiger partial charge in [-0.3, -0.25) is 4.79 Å². The van der Waals surface area contributed by atoms with Crippen molar-refractivity contribution in [1.29, 1.82) is 0 Å². The normalized spacial score (nSPS) is 21.9. The summed E-state index contributed by atoms with van der Waals surface area (Å²) in [6, 6.07) is 7.84. The molecule has 2 nitrogen and oxygen atoms in total. The first kappa shape index (κ1) is 11.5. The van der Waals surface area contributed by atoms with E-state index in [0.29, 0.717) is 5.92 Å². The molecule has 1 aliphatic heterocycles. The van der Waals surface area contributed by atoms with E-state index < -0.39 is 5.97 Å². The summed E-state index contributed by atoms with van der Waals surface area (Å²) in [5.41, 5.74) is 2.08. The summed E-state index contributed by atoms with van der Waals surface area (Å²) >= 11 is 1.87. The molecule has 0 amide bonds. The highest BCUT2D eigenvalue weighted by Crippen LogP contribution is 2.37. The summed E-state index contributed by atoms with van der Waals surface area (Å²) in [5, 5.41) is 9.40. The highest BCUT2D eigenvalue weighted by molar-refractivity contribution is 7.99. The number of hydrogen-bond donors (Lipinski definition) is 1. The van der Waals surface area contributed by atoms with Crippen molar-refractivity contribution in [3.63, 3.8) is 0 Å². The van der Waals surface area contributed by atoms with E-state index in [1.807, 2.05) is 43.0 Å². The van der Waals surface area contributed by atoms with Gasteiger partial charge in [0, 0.05) is 0 Å². The van der Waals surface area contributed by atoms with Crippen molar-refractivity contribution in [1.82, 2.24) is 0 Å². The standard InChI is InChI=1S/C13H16O2S/c1-9-4-2-3-5-11(9)12(13(14)15)10-6-7-16-8-10/h2-5,10,12H,6-8H2,1H3,(H,14,15). The summed E-state index contributed by atoms with van der Waals surface area (Å²) in [4.78, 5) is 11.4. The Morgan fingerprint density at radius 3 is 2.81 bits per heavy atom. The number of rotatable bonds is 3. The van der Waals surface area contributed by atoms with Gasteiger partial charge >= 0.3 is 5.97 Å². The van der Waals surface area contributed by atoms with Gasteiger partial charge in [-0.2, -0.15) is 11.8 Å². The molecule has 0 aromatic heterocycles. The second kappa shape index (κ2) is 4.91. The molecule has 16 heavy (non-hydrogen) atoms. The predicted octanol–water partition coefficient (Wildman–Crippen LogP) is 2.92. The van der Waals surface area contributed by atoms with Crippen molar-refractivity contribution in [2.75, 3.05) is 11.5 Å². The van der Waals surface area contributed by atoms with Crippen LogP contribution in [0.2, 0.25) is 0 Å². The Labute approximate surface area is 100 Å². The quantitative estimate of drug-likeness (QED) is 0.876. The lowest BCUT2D eigenvalue weighted by Gasteiger charge is -2.20. The maximum absolute atomic E-state index is 11.4. The molecule has 2 rings (SSSR count). The number of benzene rings is 1. The van der Waals surface area contributed by atoms with E-state index in [4.69, 9.17) is 0 Å². The molecule has 1 heterocycles. The number of carboxylic acid groups (broad SMARTS) is 1. The summed E-state index contributed by atoms with van der Waals surface area (Å²) in [7, 11) is 0. The Morgan fingerprint density at radius 1 is 1.50 bits per heavy atom. The van der Waals surface area contributed by atoms with Crippen LogP contribution in [-0.4, -0.2) is 22.6 Å². The lowest BCUT2D eigenvalue weighted by atomic mass is 9.83. The zero-order chi connectivity index (χ0) is 11.5. The summed E-state index contributed by atoms with van der Waals surface area (Å²) in [6.45, 7) is 1.99. The molecule has 2 unspecified atom stereocenters. The lowest BCUT2D eigenvalue weighted by Crippen LogP contribution is -2.22. The van der Waals surface area contributed by atoms with Crippen LogP contribution in [-0.2, 0) is 4.79 Å². The van der Waals surface area contributed by atoms with Gasteiger partial charge in [0.25, 0.3) is 0 Å². The molecule has 0 bridgehead atoms. The van der Waals surface area contributed by atoms with Crippen LogP contribution in [0.4, 0.5) is 0 Å². The Balaban J connectivity index is 2.32. The van der Waals surface area contributed by atoms with E-state index >= 15 is 0 Å². The molecule has 0 saturated carbocycles. The second-order valence-electron chi connectivity index (χ2n) is 4.30. The summed E-state index contributed by atoms with van der Waals surface area (Å²) in [5.74, 6) is 1.37. The zero-order valence-electron chi connectivity index (χ0n) is 9.35. The van der Waals surface area contributed by atoms with Crippen LogP contribution in [0.1, 0.15) is 23.5 Å². The van der Waals surface area contributed by atoms with Crippen LogP contribution in [0, 0.1) is 12.8 Å². The fourth-order valence-corrected chi connectivity index (χ4v) is 3.64. The van der Waals surface area contributed by atoms with Crippen LogP contribution in [0.5, 0.6) is 0 Å². The van der Waals surface area contributed by atoms with Gasteiger partial charge in [0.05, 0.1) is 5.92 Å². The van der Waals surface area contributed by atoms with Crippen LogP contribution in [0.15, 0.2) is 24.3 Å². The third-order valence-electron chi connectivity index (χ3n) is 3.23. The van der Waals surface area contributed by atoms with Crippen molar-refractivity contribution in [2.24, 2.45) is 5.92 Å². The van der Waals surface area contributed by atoms with Gasteiger partial charge in [0.15, 0.2) is 0 Å². The average molecular weight is 236 g/mol. The molecule has 0 radical (unpaired) electrons. The topological polar surface area (TPSA) is 37.3 Å². The minimum Gasteiger partial charge on any atom is -0.481 e. The SMILES string of the molecule is Cc1ccccc1C(C(=O)O)C1CCSC1. The molecule has 1 aromatic rings. The summed E-state index contributed by atoms with van der Waals surface area (Å²) < 4.78 is 0. The van der Waals surface area contributed by atoms with Gasteiger partial charge in [-0.25, -0.2) is 0 Å². The molecular weight excluding hydrogens is 220 g/mol. The second-order valence-corrected chi connectivity index (χ2v) is 5.45. The highest BCUT2D eigenvalue weighted by Gasteiger charge is 2.32. The Hall–Kier alpha value is -0.960. The van der Waals surface area contributed by atoms with Gasteiger partial charge < -0.3 is 5.11 Å². The number of aliphatic carboxylic acids is 1. The van der Waals surface area contributed by atoms with E-state index in [1.165, 1.54) is 0 Å². The number of carboxylic acids is 1. The molecule has 1 fully saturated rings. The minimum absolute atomic E-state index is 0.295. The van der Waals surface area contributed by atoms with Gasteiger partial charge in [0.2, 0.25) is 0 Å². The fourth-order valence-electron chi connectivity index (χ4n) is 2.34. The lowest BCUT2D eigenvalue weighted by molar-refractivity contribution is -0.140. The third kappa shape index (κ3) is 2.24. The van der Waals surface area contributed by atoms with Crippen LogP contribution >= 0.6 is 11.8 Å². The summed E-state index contributed by atoms with van der Waals surface area (Å²) in [6.07, 6.45) is 1.02. The Kier molecular flexibility index (Phi) is 3.54. The molecule has 1 aliphatic rings. The Bertz CT molecular complexity index is 383. The fraction of sp³-hybridized carbons (Fsp3) is 0.462. The van der Waals surface area contributed by atoms with E-state index in [1.54, 1.807) is 0 Å². The first-order chi connectivity index (χ1) is 7.70. The third-order valence-corrected chi connectivity index (χ3v) is 4.41. The molecule has 86 valence electrons. The predicted molar refractivity (Wildman–Crippen MR) is 67.0 cm³/mol. The van der Waals surface area contributed by atoms with Crippen molar-refractivity contribution in [2.45, 2.75) is 19.3 Å². The molecule has 1 aromatic carbocycles. The average Bonchev–Trinajstić information content (AvgIpc) is 2.74. The maximum atomic E-state index is 11.4. The smallest absolute Gasteiger partial charge is 0.311 e. The van der Waals surface area contributed by atoms with Crippen molar-refractivity contribution in [3.05, 3.63) is 35.4 Å². The minimum atomic E-state index is -0.679. The molecule has 2 atom stereocenters. The maximum Gasteiger partial charge on any atom is 0.311 e. The number of hydrogen-bond acceptors (Lipinski definition) is 2. The highest BCUT2D eigenvalue weighted by atomic mass is 32.2. The van der Waals surface area contributed by atoms with Crippen LogP contribution in [0.25, 0.3) is 0 Å². The monoisotopic (exact) mass is 236 g/mol. The van der Waals surface area contributed by atoms with E-state index in [9.17, 15) is 9.90 Å². The van der Waals surface area contributed by atoms with E-state index in [2.05, 4.69) is 0 Å². The van der Waals surface area contributed by atoms with Crippen LogP contribution in [0.3, 0.4) is 0 Å². The molecule has 0 spiro atoms. The van der Waals surface area contributed by atoms with Gasteiger partial charge in [-0.15, -0.1) is 0 Å². The molecule has 1 N–H and O–H groups in total. The van der Waals surface area contributed by atoms with Crippen LogP contribution < -0.4 is 0 Å². The van der Waals surface area contributed by atoms with Gasteiger partial charge in [-0.05, 0) is 41.9 Å². The Morgan fingerprint density at radius 2 is 2.25 bits per heavy atom. The number of thioether (sulfide) groups is 1. The van der Waals surface area contributed by atoms with Gasteiger partial charge in [0.1, 0.15) is 0 Å². The number of carbonyl (C=O) groups is 1. The largest absolute Gasteiger partial charge is 0.481 e. The van der Waals surface area contributed by atoms with Gasteiger partial charge in [-0.1, -0.05) is 24.3 Å². The van der Waals surface area contributed by atoms with Crippen molar-refractivity contribution >= 4 is 17.7 Å². The van der Waals surface area contributed by atoms with Crippen molar-refractivity contribution in [3.8, 4) is 0 Å². The van der Waals surface area contributed by atoms with E-state index in [0.717, 1.165) is 29.1 Å². The number of aryl methyl sites for hydroxylation is 1. The van der Waals surface area contributed by atoms with Crippen molar-refractivity contribution < 1.29 is 9.90 Å². The molecule has 1 saturated heterocycles.